The van der Waals surface area contributed by atoms with E-state index in [4.69, 9.17) is 0 Å². The first-order chi connectivity index (χ1) is 6.09. The van der Waals surface area contributed by atoms with Gasteiger partial charge in [-0.2, -0.15) is 0 Å². The largest absolute Gasteiger partial charge is 0.386 e. The third-order valence-corrected chi connectivity index (χ3v) is 3.10. The smallest absolute Gasteiger partial charge is 0.0258 e. The first-order valence-corrected chi connectivity index (χ1v) is 5.55. The molecule has 76 valence electrons. The van der Waals surface area contributed by atoms with E-state index in [0.29, 0.717) is 12.0 Å². The summed E-state index contributed by atoms with van der Waals surface area (Å²) in [5.74, 6) is 1.50. The zero-order valence-electron chi connectivity index (χ0n) is 9.27. The van der Waals surface area contributed by atoms with E-state index in [0.717, 1.165) is 5.92 Å². The van der Waals surface area contributed by atoms with E-state index in [1.54, 1.807) is 0 Å². The molecule has 0 aromatic heterocycles. The third-order valence-electron chi connectivity index (χ3n) is 3.10. The van der Waals surface area contributed by atoms with Crippen molar-refractivity contribution < 1.29 is 0 Å². The quantitative estimate of drug-likeness (QED) is 0.704. The maximum absolute atomic E-state index is 4.06. The summed E-state index contributed by atoms with van der Waals surface area (Å²) in [7, 11) is 0. The van der Waals surface area contributed by atoms with Gasteiger partial charge in [-0.25, -0.2) is 0 Å². The Morgan fingerprint density at radius 3 is 2.23 bits per heavy atom. The molecule has 1 rings (SSSR count). The summed E-state index contributed by atoms with van der Waals surface area (Å²) < 4.78 is 0. The lowest BCUT2D eigenvalue weighted by molar-refractivity contribution is 0.316. The second kappa shape index (κ2) is 4.69. The number of hydrogen-bond donors (Lipinski definition) is 1. The van der Waals surface area contributed by atoms with Crippen LogP contribution in [0.4, 0.5) is 0 Å². The Bertz CT molecular complexity index is 164. The molecule has 1 aliphatic carbocycles. The van der Waals surface area contributed by atoms with Crippen LogP contribution >= 0.6 is 0 Å². The molecule has 0 saturated heterocycles. The minimum atomic E-state index is 0.569. The molecule has 0 bridgehead atoms. The first kappa shape index (κ1) is 10.6. The topological polar surface area (TPSA) is 12.0 Å². The van der Waals surface area contributed by atoms with Crippen LogP contribution in [0.3, 0.4) is 0 Å². The zero-order chi connectivity index (χ0) is 9.84. The van der Waals surface area contributed by atoms with Gasteiger partial charge in [-0.05, 0) is 37.5 Å². The van der Waals surface area contributed by atoms with E-state index in [1.165, 1.54) is 31.4 Å². The Morgan fingerprint density at radius 1 is 1.23 bits per heavy atom. The fraction of sp³-hybridized carbons (Fsp3) is 0.833. The Hall–Kier alpha value is -0.460. The standard InChI is InChI=1S/C12H23N/c1-9(2)11(4)13-12-7-5-10(3)6-8-12/h9-10,12-13H,4-8H2,1-3H3. The van der Waals surface area contributed by atoms with Gasteiger partial charge < -0.3 is 5.32 Å². The summed E-state index contributed by atoms with van der Waals surface area (Å²) in [4.78, 5) is 0. The highest BCUT2D eigenvalue weighted by atomic mass is 14.9. The van der Waals surface area contributed by atoms with Crippen molar-refractivity contribution in [3.05, 3.63) is 12.3 Å². The maximum atomic E-state index is 4.06. The van der Waals surface area contributed by atoms with E-state index >= 15 is 0 Å². The van der Waals surface area contributed by atoms with Crippen molar-refractivity contribution in [3.63, 3.8) is 0 Å². The Morgan fingerprint density at radius 2 is 1.77 bits per heavy atom. The fourth-order valence-electron chi connectivity index (χ4n) is 1.83. The number of allylic oxidation sites excluding steroid dienone is 1. The van der Waals surface area contributed by atoms with Gasteiger partial charge >= 0.3 is 0 Å². The molecule has 1 nitrogen and oxygen atoms in total. The van der Waals surface area contributed by atoms with Crippen LogP contribution in [0.1, 0.15) is 46.5 Å². The summed E-state index contributed by atoms with van der Waals surface area (Å²) in [6.45, 7) is 10.8. The van der Waals surface area contributed by atoms with Crippen LogP contribution in [0.25, 0.3) is 0 Å². The highest BCUT2D eigenvalue weighted by molar-refractivity contribution is 4.97. The minimum absolute atomic E-state index is 0.569. The molecule has 0 atom stereocenters. The van der Waals surface area contributed by atoms with E-state index in [-0.39, 0.29) is 0 Å². The molecule has 0 aromatic rings. The SMILES string of the molecule is C=C(NC1CCC(C)CC1)C(C)C. The zero-order valence-corrected chi connectivity index (χ0v) is 9.27. The van der Waals surface area contributed by atoms with Crippen LogP contribution < -0.4 is 5.32 Å². The van der Waals surface area contributed by atoms with Gasteiger partial charge in [0, 0.05) is 11.7 Å². The van der Waals surface area contributed by atoms with Crippen molar-refractivity contribution in [1.29, 1.82) is 0 Å². The summed E-state index contributed by atoms with van der Waals surface area (Å²) in [5, 5.41) is 3.54. The van der Waals surface area contributed by atoms with Gasteiger partial charge in [-0.3, -0.25) is 0 Å². The lowest BCUT2D eigenvalue weighted by Gasteiger charge is -2.29. The molecule has 1 N–H and O–H groups in total. The van der Waals surface area contributed by atoms with Crippen molar-refractivity contribution >= 4 is 0 Å². The van der Waals surface area contributed by atoms with Crippen molar-refractivity contribution in [3.8, 4) is 0 Å². The van der Waals surface area contributed by atoms with Crippen molar-refractivity contribution in [2.45, 2.75) is 52.5 Å². The average Bonchev–Trinajstić information content (AvgIpc) is 2.08. The molecule has 0 spiro atoms. The Kier molecular flexibility index (Phi) is 3.83. The summed E-state index contributed by atoms with van der Waals surface area (Å²) in [6, 6.07) is 0.700. The van der Waals surface area contributed by atoms with E-state index < -0.39 is 0 Å². The van der Waals surface area contributed by atoms with Gasteiger partial charge in [-0.15, -0.1) is 0 Å². The predicted molar refractivity (Wildman–Crippen MR) is 58.5 cm³/mol. The predicted octanol–water partition coefficient (Wildman–Crippen LogP) is 3.32. The normalized spacial score (nSPS) is 28.9. The molecule has 1 aliphatic rings. The van der Waals surface area contributed by atoms with Crippen LogP contribution in [0.2, 0.25) is 0 Å². The molecule has 0 heterocycles. The summed E-state index contributed by atoms with van der Waals surface area (Å²) in [6.07, 6.45) is 5.41. The third kappa shape index (κ3) is 3.41. The Labute approximate surface area is 82.6 Å². The summed E-state index contributed by atoms with van der Waals surface area (Å²) in [5.41, 5.74) is 1.21. The van der Waals surface area contributed by atoms with Crippen LogP contribution in [-0.4, -0.2) is 6.04 Å². The minimum Gasteiger partial charge on any atom is -0.386 e. The van der Waals surface area contributed by atoms with Crippen molar-refractivity contribution in [2.24, 2.45) is 11.8 Å². The van der Waals surface area contributed by atoms with Gasteiger partial charge in [0.2, 0.25) is 0 Å². The molecule has 1 fully saturated rings. The van der Waals surface area contributed by atoms with E-state index in [2.05, 4.69) is 32.7 Å². The molecule has 0 amide bonds. The van der Waals surface area contributed by atoms with Crippen LogP contribution in [0.15, 0.2) is 12.3 Å². The van der Waals surface area contributed by atoms with Crippen molar-refractivity contribution in [1.82, 2.24) is 5.32 Å². The highest BCUT2D eigenvalue weighted by Crippen LogP contribution is 2.24. The van der Waals surface area contributed by atoms with Crippen LogP contribution in [-0.2, 0) is 0 Å². The van der Waals surface area contributed by atoms with E-state index in [9.17, 15) is 0 Å². The van der Waals surface area contributed by atoms with Crippen molar-refractivity contribution in [2.75, 3.05) is 0 Å². The molecule has 0 radical (unpaired) electrons. The van der Waals surface area contributed by atoms with Gasteiger partial charge in [0.15, 0.2) is 0 Å². The lowest BCUT2D eigenvalue weighted by atomic mass is 9.87. The maximum Gasteiger partial charge on any atom is 0.0258 e. The Balaban J connectivity index is 2.26. The average molecular weight is 181 g/mol. The molecule has 13 heavy (non-hydrogen) atoms. The second-order valence-corrected chi connectivity index (χ2v) is 4.78. The lowest BCUT2D eigenvalue weighted by Crippen LogP contribution is -2.33. The molecular weight excluding hydrogens is 158 g/mol. The van der Waals surface area contributed by atoms with Crippen LogP contribution in [0, 0.1) is 11.8 Å². The fourth-order valence-corrected chi connectivity index (χ4v) is 1.83. The summed E-state index contributed by atoms with van der Waals surface area (Å²) >= 11 is 0. The van der Waals surface area contributed by atoms with Gasteiger partial charge in [-0.1, -0.05) is 27.4 Å². The molecular formula is C12H23N. The molecule has 0 aromatic carbocycles. The van der Waals surface area contributed by atoms with Gasteiger partial charge in [0.05, 0.1) is 0 Å². The molecule has 0 unspecified atom stereocenters. The number of hydrogen-bond acceptors (Lipinski definition) is 1. The first-order valence-electron chi connectivity index (χ1n) is 5.55. The number of nitrogens with one attached hydrogen (secondary N) is 1. The molecule has 0 aliphatic heterocycles. The van der Waals surface area contributed by atoms with Gasteiger partial charge in [0.25, 0.3) is 0 Å². The highest BCUT2D eigenvalue weighted by Gasteiger charge is 2.18. The second-order valence-electron chi connectivity index (χ2n) is 4.78. The molecule has 1 saturated carbocycles. The van der Waals surface area contributed by atoms with Crippen LogP contribution in [0.5, 0.6) is 0 Å². The monoisotopic (exact) mass is 181 g/mol. The molecule has 1 heteroatoms. The van der Waals surface area contributed by atoms with E-state index in [1.807, 2.05) is 0 Å². The number of rotatable bonds is 3. The van der Waals surface area contributed by atoms with Gasteiger partial charge in [0.1, 0.15) is 0 Å².